The van der Waals surface area contributed by atoms with Gasteiger partial charge in [0.1, 0.15) is 0 Å². The number of hydrogen-bond donors (Lipinski definition) is 1. The summed E-state index contributed by atoms with van der Waals surface area (Å²) in [6, 6.07) is 0.392. The lowest BCUT2D eigenvalue weighted by Gasteiger charge is -2.35. The van der Waals surface area contributed by atoms with Crippen LogP contribution in [-0.2, 0) is 14.3 Å². The number of guanidine groups is 1. The van der Waals surface area contributed by atoms with Crippen LogP contribution in [0.15, 0.2) is 4.99 Å². The molecule has 2 aliphatic heterocycles. The highest BCUT2D eigenvalue weighted by Gasteiger charge is 2.28. The highest BCUT2D eigenvalue weighted by atomic mass is 16.5. The van der Waals surface area contributed by atoms with Gasteiger partial charge in [0, 0.05) is 38.8 Å². The second-order valence-electron chi connectivity index (χ2n) is 6.73. The summed E-state index contributed by atoms with van der Waals surface area (Å²) in [5.41, 5.74) is 0. The summed E-state index contributed by atoms with van der Waals surface area (Å²) in [6.07, 6.45) is 1.89. The first-order chi connectivity index (χ1) is 12.2. The molecule has 0 aromatic rings. The normalized spacial score (nSPS) is 24.0. The molecule has 7 nitrogen and oxygen atoms in total. The van der Waals surface area contributed by atoms with Crippen molar-refractivity contribution >= 4 is 11.9 Å². The second-order valence-corrected chi connectivity index (χ2v) is 6.73. The number of nitrogens with zero attached hydrogens (tertiary/aromatic N) is 3. The number of ether oxygens (including phenoxy) is 2. The van der Waals surface area contributed by atoms with E-state index >= 15 is 0 Å². The average molecular weight is 354 g/mol. The molecule has 2 rings (SSSR count). The molecule has 0 aromatic heterocycles. The number of hydrogen-bond acceptors (Lipinski definition) is 5. The first-order valence-corrected chi connectivity index (χ1v) is 9.67. The fraction of sp³-hybridized carbons (Fsp3) is 0.889. The quantitative estimate of drug-likeness (QED) is 0.435. The Morgan fingerprint density at radius 2 is 2.08 bits per heavy atom. The summed E-state index contributed by atoms with van der Waals surface area (Å²) >= 11 is 0. The second kappa shape index (κ2) is 10.6. The first kappa shape index (κ1) is 20.0. The van der Waals surface area contributed by atoms with Crippen LogP contribution in [0.1, 0.15) is 33.6 Å². The monoisotopic (exact) mass is 354 g/mol. The van der Waals surface area contributed by atoms with Gasteiger partial charge in [0.15, 0.2) is 5.96 Å². The molecule has 2 unspecified atom stereocenters. The van der Waals surface area contributed by atoms with Gasteiger partial charge < -0.3 is 19.7 Å². The fourth-order valence-electron chi connectivity index (χ4n) is 3.40. The summed E-state index contributed by atoms with van der Waals surface area (Å²) in [6.45, 7) is 13.4. The van der Waals surface area contributed by atoms with Crippen LogP contribution in [-0.4, -0.2) is 86.9 Å². The lowest BCUT2D eigenvalue weighted by atomic mass is 9.98. The van der Waals surface area contributed by atoms with Gasteiger partial charge in [-0.25, -0.2) is 0 Å². The number of carbonyl (C=O) groups is 1. The van der Waals surface area contributed by atoms with E-state index in [2.05, 4.69) is 29.0 Å². The van der Waals surface area contributed by atoms with E-state index in [9.17, 15) is 4.79 Å². The van der Waals surface area contributed by atoms with E-state index in [0.717, 1.165) is 64.7 Å². The maximum absolute atomic E-state index is 12.1. The topological polar surface area (TPSA) is 66.4 Å². The summed E-state index contributed by atoms with van der Waals surface area (Å²) in [5.74, 6) is 0.788. The summed E-state index contributed by atoms with van der Waals surface area (Å²) < 4.78 is 10.6. The lowest BCUT2D eigenvalue weighted by Crippen LogP contribution is -2.49. The molecule has 144 valence electrons. The molecule has 2 aliphatic rings. The van der Waals surface area contributed by atoms with Gasteiger partial charge in [0.25, 0.3) is 0 Å². The smallest absolute Gasteiger partial charge is 0.310 e. The molecule has 0 spiro atoms. The number of piperidine rings is 1. The predicted octanol–water partition coefficient (Wildman–Crippen LogP) is 0.948. The van der Waals surface area contributed by atoms with Crippen LogP contribution in [0.5, 0.6) is 0 Å². The molecule has 0 saturated carbocycles. The molecule has 7 heteroatoms. The van der Waals surface area contributed by atoms with Crippen molar-refractivity contribution < 1.29 is 14.3 Å². The third kappa shape index (κ3) is 6.15. The minimum absolute atomic E-state index is 0.0470. The van der Waals surface area contributed by atoms with Crippen molar-refractivity contribution in [1.29, 1.82) is 0 Å². The lowest BCUT2D eigenvalue weighted by molar-refractivity contribution is -0.149. The van der Waals surface area contributed by atoms with Crippen molar-refractivity contribution in [2.45, 2.75) is 39.7 Å². The van der Waals surface area contributed by atoms with Crippen molar-refractivity contribution in [3.05, 3.63) is 0 Å². The molecule has 25 heavy (non-hydrogen) atoms. The van der Waals surface area contributed by atoms with Crippen LogP contribution in [0.4, 0.5) is 0 Å². The van der Waals surface area contributed by atoms with E-state index in [1.54, 1.807) is 0 Å². The van der Waals surface area contributed by atoms with E-state index < -0.39 is 0 Å². The molecule has 0 radical (unpaired) electrons. The van der Waals surface area contributed by atoms with Crippen LogP contribution >= 0.6 is 0 Å². The summed E-state index contributed by atoms with van der Waals surface area (Å²) in [5, 5.41) is 3.38. The van der Waals surface area contributed by atoms with Gasteiger partial charge >= 0.3 is 5.97 Å². The Balaban J connectivity index is 1.94. The Morgan fingerprint density at radius 3 is 2.76 bits per heavy atom. The first-order valence-electron chi connectivity index (χ1n) is 9.67. The number of carbonyl (C=O) groups excluding carboxylic acids is 1. The fourth-order valence-corrected chi connectivity index (χ4v) is 3.40. The number of esters is 1. The Kier molecular flexibility index (Phi) is 8.48. The number of aliphatic imine (C=N–C) groups is 1. The Hall–Kier alpha value is -1.34. The van der Waals surface area contributed by atoms with Crippen LogP contribution in [0.2, 0.25) is 0 Å². The minimum atomic E-state index is -0.0790. The van der Waals surface area contributed by atoms with E-state index in [1.807, 2.05) is 6.92 Å². The van der Waals surface area contributed by atoms with Crippen molar-refractivity contribution in [3.63, 3.8) is 0 Å². The zero-order chi connectivity index (χ0) is 18.1. The number of morpholine rings is 1. The van der Waals surface area contributed by atoms with Gasteiger partial charge in [-0.05, 0) is 33.6 Å². The number of nitrogens with one attached hydrogen (secondary N) is 1. The molecule has 2 saturated heterocycles. The van der Waals surface area contributed by atoms with E-state index in [4.69, 9.17) is 14.5 Å². The number of likely N-dealkylation sites (tertiary alicyclic amines) is 1. The zero-order valence-electron chi connectivity index (χ0n) is 16.0. The van der Waals surface area contributed by atoms with Gasteiger partial charge in [0.2, 0.25) is 0 Å². The van der Waals surface area contributed by atoms with Crippen molar-refractivity contribution in [1.82, 2.24) is 15.1 Å². The van der Waals surface area contributed by atoms with Crippen molar-refractivity contribution in [2.75, 3.05) is 59.1 Å². The highest BCUT2D eigenvalue weighted by Crippen LogP contribution is 2.18. The average Bonchev–Trinajstić information content (AvgIpc) is 2.66. The zero-order valence-corrected chi connectivity index (χ0v) is 16.0. The maximum atomic E-state index is 12.1. The van der Waals surface area contributed by atoms with Gasteiger partial charge in [-0.1, -0.05) is 0 Å². The molecule has 1 N–H and O–H groups in total. The summed E-state index contributed by atoms with van der Waals surface area (Å²) in [7, 11) is 0. The van der Waals surface area contributed by atoms with Gasteiger partial charge in [-0.2, -0.15) is 0 Å². The largest absolute Gasteiger partial charge is 0.466 e. The Bertz CT molecular complexity index is 438. The van der Waals surface area contributed by atoms with Gasteiger partial charge in [-0.15, -0.1) is 0 Å². The van der Waals surface area contributed by atoms with E-state index in [0.29, 0.717) is 19.2 Å². The number of rotatable bonds is 6. The van der Waals surface area contributed by atoms with Crippen LogP contribution in [0, 0.1) is 5.92 Å². The molecule has 0 bridgehead atoms. The molecule has 0 aliphatic carbocycles. The van der Waals surface area contributed by atoms with Gasteiger partial charge in [0.05, 0.1) is 32.3 Å². The van der Waals surface area contributed by atoms with Crippen LogP contribution in [0.3, 0.4) is 0 Å². The van der Waals surface area contributed by atoms with E-state index in [-0.39, 0.29) is 11.9 Å². The predicted molar refractivity (Wildman–Crippen MR) is 98.8 cm³/mol. The third-order valence-electron chi connectivity index (χ3n) is 4.85. The standard InChI is InChI=1S/C18H34N4O3/c1-4-19-18(20-13-15(3)21-9-11-24-12-10-21)22-8-6-7-16(14-22)17(23)25-5-2/h15-16H,4-14H2,1-3H3,(H,19,20). The molecular formula is C18H34N4O3. The SMILES string of the molecule is CCNC(=NCC(C)N1CCOCC1)N1CCCC(C(=O)OCC)C1. The summed E-state index contributed by atoms with van der Waals surface area (Å²) in [4.78, 5) is 21.6. The molecule has 2 heterocycles. The third-order valence-corrected chi connectivity index (χ3v) is 4.85. The minimum Gasteiger partial charge on any atom is -0.466 e. The van der Waals surface area contributed by atoms with Crippen molar-refractivity contribution in [3.8, 4) is 0 Å². The van der Waals surface area contributed by atoms with Crippen LogP contribution < -0.4 is 5.32 Å². The molecular weight excluding hydrogens is 320 g/mol. The van der Waals surface area contributed by atoms with Crippen molar-refractivity contribution in [2.24, 2.45) is 10.9 Å². The molecule has 0 aromatic carbocycles. The maximum Gasteiger partial charge on any atom is 0.310 e. The highest BCUT2D eigenvalue weighted by molar-refractivity contribution is 5.81. The Morgan fingerprint density at radius 1 is 1.32 bits per heavy atom. The Labute approximate surface area is 151 Å². The molecule has 2 fully saturated rings. The molecule has 2 atom stereocenters. The van der Waals surface area contributed by atoms with Crippen LogP contribution in [0.25, 0.3) is 0 Å². The molecule has 0 amide bonds. The van der Waals surface area contributed by atoms with Gasteiger partial charge in [-0.3, -0.25) is 14.7 Å². The van der Waals surface area contributed by atoms with E-state index in [1.165, 1.54) is 0 Å².